The lowest BCUT2D eigenvalue weighted by Crippen LogP contribution is -2.40. The van der Waals surface area contributed by atoms with Crippen LogP contribution < -0.4 is 10.9 Å². The van der Waals surface area contributed by atoms with E-state index in [-0.39, 0.29) is 17.6 Å². The first kappa shape index (κ1) is 16.4. The van der Waals surface area contributed by atoms with Gasteiger partial charge in [-0.1, -0.05) is 30.3 Å². The average molecular weight is 327 g/mol. The van der Waals surface area contributed by atoms with Gasteiger partial charge >= 0.3 is 0 Å². The predicted molar refractivity (Wildman–Crippen MR) is 90.5 cm³/mol. The minimum absolute atomic E-state index is 0.109. The van der Waals surface area contributed by atoms with Crippen molar-refractivity contribution >= 4 is 5.91 Å². The standard InChI is InChI=1S/C18H21N3O3/c22-17-10-9-15(14-6-2-1-3-7-14)20-21(17)12-11-19-18(23)16-8-4-5-13-24-16/h1-3,6-7,9-10,16H,4-5,8,11-13H2,(H,19,23). The zero-order valence-electron chi connectivity index (χ0n) is 13.5. The molecule has 0 spiro atoms. The highest BCUT2D eigenvalue weighted by Crippen LogP contribution is 2.14. The summed E-state index contributed by atoms with van der Waals surface area (Å²) in [5, 5.41) is 7.20. The number of ether oxygens (including phenoxy) is 1. The first-order valence-electron chi connectivity index (χ1n) is 8.27. The van der Waals surface area contributed by atoms with E-state index in [4.69, 9.17) is 4.74 Å². The summed E-state index contributed by atoms with van der Waals surface area (Å²) in [6.45, 7) is 1.32. The molecule has 1 aromatic heterocycles. The summed E-state index contributed by atoms with van der Waals surface area (Å²) in [4.78, 5) is 24.0. The molecule has 2 aromatic rings. The van der Waals surface area contributed by atoms with Gasteiger partial charge in [0.25, 0.3) is 5.56 Å². The van der Waals surface area contributed by atoms with Gasteiger partial charge in [-0.05, 0) is 25.3 Å². The number of hydrogen-bond acceptors (Lipinski definition) is 4. The molecule has 3 rings (SSSR count). The van der Waals surface area contributed by atoms with Crippen molar-refractivity contribution in [2.45, 2.75) is 31.9 Å². The zero-order valence-corrected chi connectivity index (χ0v) is 13.5. The predicted octanol–water partition coefficient (Wildman–Crippen LogP) is 1.60. The molecule has 1 N–H and O–H groups in total. The van der Waals surface area contributed by atoms with Crippen molar-refractivity contribution < 1.29 is 9.53 Å². The van der Waals surface area contributed by atoms with Crippen LogP contribution in [0.1, 0.15) is 19.3 Å². The monoisotopic (exact) mass is 327 g/mol. The van der Waals surface area contributed by atoms with Gasteiger partial charge in [0.15, 0.2) is 0 Å². The molecule has 126 valence electrons. The molecule has 1 saturated heterocycles. The summed E-state index contributed by atoms with van der Waals surface area (Å²) >= 11 is 0. The Labute approximate surface area is 140 Å². The second kappa shape index (κ2) is 7.88. The van der Waals surface area contributed by atoms with Crippen LogP contribution in [-0.4, -0.2) is 34.9 Å². The highest BCUT2D eigenvalue weighted by Gasteiger charge is 2.21. The normalized spacial score (nSPS) is 17.4. The third kappa shape index (κ3) is 4.08. The molecule has 1 aliphatic rings. The number of carbonyl (C=O) groups is 1. The maximum absolute atomic E-state index is 12.0. The Balaban J connectivity index is 1.60. The van der Waals surface area contributed by atoms with Gasteiger partial charge in [-0.25, -0.2) is 4.68 Å². The number of amides is 1. The summed E-state index contributed by atoms with van der Waals surface area (Å²) in [5.74, 6) is -0.109. The van der Waals surface area contributed by atoms with E-state index in [1.54, 1.807) is 6.07 Å². The molecule has 0 bridgehead atoms. The van der Waals surface area contributed by atoms with E-state index in [1.165, 1.54) is 10.7 Å². The van der Waals surface area contributed by atoms with Crippen molar-refractivity contribution in [2.24, 2.45) is 0 Å². The lowest BCUT2D eigenvalue weighted by molar-refractivity contribution is -0.135. The number of hydrogen-bond donors (Lipinski definition) is 1. The van der Waals surface area contributed by atoms with Gasteiger partial charge in [0.1, 0.15) is 6.10 Å². The second-order valence-corrected chi connectivity index (χ2v) is 5.79. The number of nitrogens with zero attached hydrogens (tertiary/aromatic N) is 2. The molecule has 0 aliphatic carbocycles. The molecule has 1 fully saturated rings. The molecular weight excluding hydrogens is 306 g/mol. The van der Waals surface area contributed by atoms with Crippen molar-refractivity contribution in [1.82, 2.24) is 15.1 Å². The van der Waals surface area contributed by atoms with Gasteiger partial charge in [0.05, 0.1) is 12.2 Å². The minimum Gasteiger partial charge on any atom is -0.368 e. The highest BCUT2D eigenvalue weighted by atomic mass is 16.5. The molecule has 1 aliphatic heterocycles. The molecule has 24 heavy (non-hydrogen) atoms. The van der Waals surface area contributed by atoms with Gasteiger partial charge in [0, 0.05) is 24.8 Å². The van der Waals surface area contributed by atoms with E-state index in [1.807, 2.05) is 30.3 Å². The van der Waals surface area contributed by atoms with E-state index in [0.29, 0.717) is 19.7 Å². The number of benzene rings is 1. The summed E-state index contributed by atoms with van der Waals surface area (Å²) < 4.78 is 6.83. The SMILES string of the molecule is O=C(NCCn1nc(-c2ccccc2)ccc1=O)C1CCCCO1. The third-order valence-electron chi connectivity index (χ3n) is 4.03. The first-order valence-corrected chi connectivity index (χ1v) is 8.27. The number of aromatic nitrogens is 2. The van der Waals surface area contributed by atoms with E-state index in [9.17, 15) is 9.59 Å². The van der Waals surface area contributed by atoms with Gasteiger partial charge in [-0.15, -0.1) is 0 Å². The number of nitrogens with one attached hydrogen (secondary N) is 1. The lowest BCUT2D eigenvalue weighted by atomic mass is 10.1. The van der Waals surface area contributed by atoms with Crippen molar-refractivity contribution in [3.8, 4) is 11.3 Å². The Bertz CT molecular complexity index is 737. The molecule has 1 amide bonds. The van der Waals surface area contributed by atoms with E-state index < -0.39 is 0 Å². The largest absolute Gasteiger partial charge is 0.368 e. The Morgan fingerprint density at radius 1 is 1.21 bits per heavy atom. The fourth-order valence-corrected chi connectivity index (χ4v) is 2.72. The Morgan fingerprint density at radius 2 is 2.04 bits per heavy atom. The van der Waals surface area contributed by atoms with E-state index >= 15 is 0 Å². The second-order valence-electron chi connectivity index (χ2n) is 5.79. The van der Waals surface area contributed by atoms with E-state index in [0.717, 1.165) is 30.5 Å². The van der Waals surface area contributed by atoms with Crippen LogP contribution in [0, 0.1) is 0 Å². The van der Waals surface area contributed by atoms with Crippen LogP contribution in [0.4, 0.5) is 0 Å². The first-order chi connectivity index (χ1) is 11.7. The average Bonchev–Trinajstić information content (AvgIpc) is 2.64. The van der Waals surface area contributed by atoms with Gasteiger partial charge in [-0.3, -0.25) is 9.59 Å². The highest BCUT2D eigenvalue weighted by molar-refractivity contribution is 5.80. The Hall–Kier alpha value is -2.47. The molecule has 1 aromatic carbocycles. The molecule has 1 atom stereocenters. The quantitative estimate of drug-likeness (QED) is 0.905. The molecular formula is C18H21N3O3. The van der Waals surface area contributed by atoms with Crippen LogP contribution in [0.3, 0.4) is 0 Å². The molecule has 1 unspecified atom stereocenters. The molecule has 2 heterocycles. The van der Waals surface area contributed by atoms with Crippen molar-refractivity contribution in [3.63, 3.8) is 0 Å². The molecule has 6 nitrogen and oxygen atoms in total. The lowest BCUT2D eigenvalue weighted by Gasteiger charge is -2.21. The van der Waals surface area contributed by atoms with Crippen molar-refractivity contribution in [3.05, 3.63) is 52.8 Å². The maximum Gasteiger partial charge on any atom is 0.266 e. The smallest absolute Gasteiger partial charge is 0.266 e. The van der Waals surface area contributed by atoms with Crippen LogP contribution >= 0.6 is 0 Å². The maximum atomic E-state index is 12.0. The van der Waals surface area contributed by atoms with Gasteiger partial charge in [0.2, 0.25) is 5.91 Å². The van der Waals surface area contributed by atoms with E-state index in [2.05, 4.69) is 10.4 Å². The van der Waals surface area contributed by atoms with Crippen LogP contribution in [0.25, 0.3) is 11.3 Å². The molecule has 0 saturated carbocycles. The fourth-order valence-electron chi connectivity index (χ4n) is 2.72. The summed E-state index contributed by atoms with van der Waals surface area (Å²) in [7, 11) is 0. The Kier molecular flexibility index (Phi) is 5.38. The Morgan fingerprint density at radius 3 is 2.79 bits per heavy atom. The summed E-state index contributed by atoms with van der Waals surface area (Å²) in [6.07, 6.45) is 2.42. The minimum atomic E-state index is -0.362. The van der Waals surface area contributed by atoms with Crippen LogP contribution in [-0.2, 0) is 16.1 Å². The number of carbonyl (C=O) groups excluding carboxylic acids is 1. The summed E-state index contributed by atoms with van der Waals surface area (Å²) in [6, 6.07) is 12.9. The van der Waals surface area contributed by atoms with Crippen LogP contribution in [0.15, 0.2) is 47.3 Å². The van der Waals surface area contributed by atoms with Crippen molar-refractivity contribution in [2.75, 3.05) is 13.2 Å². The van der Waals surface area contributed by atoms with Crippen LogP contribution in [0.5, 0.6) is 0 Å². The molecule has 0 radical (unpaired) electrons. The number of rotatable bonds is 5. The van der Waals surface area contributed by atoms with Crippen LogP contribution in [0.2, 0.25) is 0 Å². The molecule has 6 heteroatoms. The fraction of sp³-hybridized carbons (Fsp3) is 0.389. The van der Waals surface area contributed by atoms with Crippen molar-refractivity contribution in [1.29, 1.82) is 0 Å². The van der Waals surface area contributed by atoms with Gasteiger partial charge < -0.3 is 10.1 Å². The van der Waals surface area contributed by atoms with Gasteiger partial charge in [-0.2, -0.15) is 5.10 Å². The zero-order chi connectivity index (χ0) is 16.8. The third-order valence-corrected chi connectivity index (χ3v) is 4.03. The summed E-state index contributed by atoms with van der Waals surface area (Å²) in [5.41, 5.74) is 1.50. The topological polar surface area (TPSA) is 73.2 Å².